The minimum atomic E-state index is -5.47. The first-order chi connectivity index (χ1) is 21.3. The number of carbonyl (C=O) groups is 3. The average Bonchev–Trinajstić information content (AvgIpc) is 2.99. The van der Waals surface area contributed by atoms with Gasteiger partial charge in [0, 0.05) is 35.4 Å². The van der Waals surface area contributed by atoms with Gasteiger partial charge in [0.1, 0.15) is 5.82 Å². The van der Waals surface area contributed by atoms with Crippen LogP contribution in [0.15, 0.2) is 72.9 Å². The Morgan fingerprint density at radius 2 is 1.64 bits per heavy atom. The molecule has 0 aliphatic rings. The van der Waals surface area contributed by atoms with E-state index in [1.807, 2.05) is 0 Å². The molecule has 0 bridgehead atoms. The van der Waals surface area contributed by atoms with Crippen LogP contribution in [0.1, 0.15) is 31.0 Å². The molecule has 0 fully saturated rings. The number of nitrogens with one attached hydrogen (secondary N) is 3. The van der Waals surface area contributed by atoms with E-state index < -0.39 is 29.8 Å². The van der Waals surface area contributed by atoms with Crippen molar-refractivity contribution in [3.05, 3.63) is 84.1 Å². The fourth-order valence-corrected chi connectivity index (χ4v) is 4.60. The number of halogens is 3. The second kappa shape index (κ2) is 13.0. The molecule has 2 atom stereocenters. The highest BCUT2D eigenvalue weighted by atomic mass is 19.4. The van der Waals surface area contributed by atoms with Crippen LogP contribution in [0.3, 0.4) is 0 Å². The maximum Gasteiger partial charge on any atom is 0.491 e. The topological polar surface area (TPSA) is 154 Å². The Bertz CT molecular complexity index is 1750. The number of alkyl halides is 3. The van der Waals surface area contributed by atoms with Crippen LogP contribution in [0.25, 0.3) is 10.8 Å². The zero-order valence-electron chi connectivity index (χ0n) is 24.6. The lowest BCUT2D eigenvalue weighted by Gasteiger charge is -2.35. The number of carbonyl (C=O) groups excluding carboxylic acids is 3. The standard InChI is InChI=1S/C31H30F3N5O6/c1-17(19-6-5-7-22(14-19)38-18(2)40)37-28(41)30(45-29(42)31(32,33)34,21-8-11-25(43-3)26(16-21)44-4)39-23-9-10-24-20(15-23)12-13-36-27(24)35/h5-17,39H,1-4H3,(H2,35,36)(H,37,41)(H,38,40). The van der Waals surface area contributed by atoms with Crippen LogP contribution in [-0.4, -0.2) is 43.2 Å². The molecule has 236 valence electrons. The molecule has 4 rings (SSSR count). The summed E-state index contributed by atoms with van der Waals surface area (Å²) in [4.78, 5) is 42.3. The van der Waals surface area contributed by atoms with Crippen LogP contribution in [0, 0.1) is 0 Å². The third kappa shape index (κ3) is 7.17. The number of nitrogens with two attached hydrogens (primary N) is 1. The molecule has 1 heterocycles. The number of aromatic nitrogens is 1. The van der Waals surface area contributed by atoms with Crippen LogP contribution in [0.5, 0.6) is 11.5 Å². The number of hydrogen-bond donors (Lipinski definition) is 4. The van der Waals surface area contributed by atoms with Gasteiger partial charge in [0.05, 0.1) is 20.3 Å². The minimum Gasteiger partial charge on any atom is -0.493 e. The number of anilines is 3. The van der Waals surface area contributed by atoms with Gasteiger partial charge in [-0.05, 0) is 72.5 Å². The van der Waals surface area contributed by atoms with E-state index in [1.54, 1.807) is 43.3 Å². The lowest BCUT2D eigenvalue weighted by Crippen LogP contribution is -2.55. The molecule has 14 heteroatoms. The Morgan fingerprint density at radius 3 is 2.31 bits per heavy atom. The van der Waals surface area contributed by atoms with E-state index in [-0.39, 0.29) is 34.5 Å². The van der Waals surface area contributed by atoms with Gasteiger partial charge in [-0.25, -0.2) is 9.78 Å². The first kappa shape index (κ1) is 32.4. The van der Waals surface area contributed by atoms with Crippen molar-refractivity contribution in [2.45, 2.75) is 31.8 Å². The van der Waals surface area contributed by atoms with Crippen LogP contribution < -0.4 is 31.2 Å². The van der Waals surface area contributed by atoms with Crippen molar-refractivity contribution in [2.75, 3.05) is 30.6 Å². The van der Waals surface area contributed by atoms with Gasteiger partial charge < -0.3 is 35.9 Å². The van der Waals surface area contributed by atoms with Gasteiger partial charge in [0.25, 0.3) is 11.6 Å². The van der Waals surface area contributed by atoms with Crippen molar-refractivity contribution >= 4 is 45.7 Å². The molecule has 11 nitrogen and oxygen atoms in total. The second-order valence-electron chi connectivity index (χ2n) is 9.90. The van der Waals surface area contributed by atoms with E-state index in [0.717, 1.165) is 0 Å². The number of amides is 2. The minimum absolute atomic E-state index is 0.0467. The van der Waals surface area contributed by atoms with Crippen molar-refractivity contribution < 1.29 is 41.8 Å². The smallest absolute Gasteiger partial charge is 0.491 e. The fraction of sp³-hybridized carbons (Fsp3) is 0.226. The van der Waals surface area contributed by atoms with E-state index >= 15 is 0 Å². The van der Waals surface area contributed by atoms with Crippen molar-refractivity contribution in [1.29, 1.82) is 0 Å². The van der Waals surface area contributed by atoms with Gasteiger partial charge in [-0.3, -0.25) is 9.59 Å². The van der Waals surface area contributed by atoms with Crippen molar-refractivity contribution in [3.63, 3.8) is 0 Å². The summed E-state index contributed by atoms with van der Waals surface area (Å²) in [5.74, 6) is -3.65. The van der Waals surface area contributed by atoms with E-state index in [0.29, 0.717) is 22.0 Å². The Kier molecular flexibility index (Phi) is 9.35. The lowest BCUT2D eigenvalue weighted by atomic mass is 9.98. The van der Waals surface area contributed by atoms with Gasteiger partial charge in [0.15, 0.2) is 11.5 Å². The molecule has 3 aromatic carbocycles. The van der Waals surface area contributed by atoms with Crippen LogP contribution in [0.4, 0.5) is 30.4 Å². The molecule has 2 unspecified atom stereocenters. The van der Waals surface area contributed by atoms with Gasteiger partial charge in [-0.2, -0.15) is 13.2 Å². The van der Waals surface area contributed by atoms with Gasteiger partial charge in [0.2, 0.25) is 5.91 Å². The first-order valence-corrected chi connectivity index (χ1v) is 13.4. The molecule has 4 aromatic rings. The number of esters is 1. The highest BCUT2D eigenvalue weighted by Gasteiger charge is 2.52. The number of ether oxygens (including phenoxy) is 3. The lowest BCUT2D eigenvalue weighted by molar-refractivity contribution is -0.213. The van der Waals surface area contributed by atoms with Crippen LogP contribution in [-0.2, 0) is 24.8 Å². The van der Waals surface area contributed by atoms with Gasteiger partial charge in [-0.15, -0.1) is 0 Å². The summed E-state index contributed by atoms with van der Waals surface area (Å²) in [5, 5.41) is 9.10. The van der Waals surface area contributed by atoms with Crippen LogP contribution in [0.2, 0.25) is 0 Å². The summed E-state index contributed by atoms with van der Waals surface area (Å²) in [6.07, 6.45) is -4.03. The van der Waals surface area contributed by atoms with Gasteiger partial charge >= 0.3 is 12.1 Å². The first-order valence-electron chi connectivity index (χ1n) is 13.4. The highest BCUT2D eigenvalue weighted by Crippen LogP contribution is 2.38. The van der Waals surface area contributed by atoms with E-state index in [2.05, 4.69) is 20.9 Å². The van der Waals surface area contributed by atoms with Gasteiger partial charge in [-0.1, -0.05) is 12.1 Å². The third-order valence-electron chi connectivity index (χ3n) is 6.76. The SMILES string of the molecule is COc1ccc(C(Nc2ccc3c(N)nccc3c2)(OC(=O)C(F)(F)F)C(=O)NC(C)c2cccc(NC(C)=O)c2)cc1OC. The third-order valence-corrected chi connectivity index (χ3v) is 6.76. The molecule has 0 aliphatic carbocycles. The zero-order valence-corrected chi connectivity index (χ0v) is 24.6. The Morgan fingerprint density at radius 1 is 0.911 bits per heavy atom. The predicted molar refractivity (Wildman–Crippen MR) is 160 cm³/mol. The number of nitrogen functional groups attached to an aromatic ring is 1. The van der Waals surface area contributed by atoms with Crippen LogP contribution >= 0.6 is 0 Å². The molecule has 1 aromatic heterocycles. The molecule has 0 radical (unpaired) electrons. The normalized spacial score (nSPS) is 13.2. The number of pyridine rings is 1. The monoisotopic (exact) mass is 625 g/mol. The maximum atomic E-state index is 14.3. The highest BCUT2D eigenvalue weighted by molar-refractivity contribution is 5.96. The largest absolute Gasteiger partial charge is 0.493 e. The summed E-state index contributed by atoms with van der Waals surface area (Å²) in [5.41, 5.74) is 3.96. The molecule has 45 heavy (non-hydrogen) atoms. The quantitative estimate of drug-likeness (QED) is 0.140. The van der Waals surface area contributed by atoms with E-state index in [4.69, 9.17) is 19.9 Å². The number of fused-ring (bicyclic) bond motifs is 1. The number of benzene rings is 3. The van der Waals surface area contributed by atoms with Crippen molar-refractivity contribution in [3.8, 4) is 11.5 Å². The summed E-state index contributed by atoms with van der Waals surface area (Å²) in [6, 6.07) is 15.6. The van der Waals surface area contributed by atoms with E-state index in [9.17, 15) is 27.6 Å². The Balaban J connectivity index is 1.88. The molecular formula is C31H30F3N5O6. The number of rotatable bonds is 10. The summed E-state index contributed by atoms with van der Waals surface area (Å²) >= 11 is 0. The molecule has 5 N–H and O–H groups in total. The summed E-state index contributed by atoms with van der Waals surface area (Å²) in [7, 11) is 2.65. The Labute approximate surface area is 255 Å². The molecule has 0 spiro atoms. The maximum absolute atomic E-state index is 14.3. The van der Waals surface area contributed by atoms with Crippen molar-refractivity contribution in [1.82, 2.24) is 10.3 Å². The molecule has 0 aliphatic heterocycles. The summed E-state index contributed by atoms with van der Waals surface area (Å²) < 4.78 is 57.0. The van der Waals surface area contributed by atoms with E-state index in [1.165, 1.54) is 57.7 Å². The molecule has 0 saturated carbocycles. The Hall–Kier alpha value is -5.53. The summed E-state index contributed by atoms with van der Waals surface area (Å²) in [6.45, 7) is 2.90. The number of methoxy groups -OCH3 is 2. The average molecular weight is 626 g/mol. The zero-order chi connectivity index (χ0) is 32.9. The molecule has 2 amide bonds. The van der Waals surface area contributed by atoms with Crippen molar-refractivity contribution in [2.24, 2.45) is 0 Å². The predicted octanol–water partition coefficient (Wildman–Crippen LogP) is 5.04. The number of nitrogens with zero attached hydrogens (tertiary/aromatic N) is 1. The number of hydrogen-bond acceptors (Lipinski definition) is 9. The molecular weight excluding hydrogens is 595 g/mol. The fourth-order valence-electron chi connectivity index (χ4n) is 4.60. The molecule has 0 saturated heterocycles. The second-order valence-corrected chi connectivity index (χ2v) is 9.90.